The number of carbonyl (C=O) groups excluding carboxylic acids is 1. The Bertz CT molecular complexity index is 635. The lowest BCUT2D eigenvalue weighted by Crippen LogP contribution is -2.34. The topological polar surface area (TPSA) is 58.4 Å². The first kappa shape index (κ1) is 15.9. The Kier molecular flexibility index (Phi) is 4.98. The largest absolute Gasteiger partial charge is 0.299 e. The van der Waals surface area contributed by atoms with E-state index in [1.54, 1.807) is 0 Å². The fourth-order valence-electron chi connectivity index (χ4n) is 2.41. The minimum absolute atomic E-state index is 0.211. The number of thiophene rings is 1. The Morgan fingerprint density at radius 1 is 1.33 bits per heavy atom. The molecule has 0 bridgehead atoms. The van der Waals surface area contributed by atoms with E-state index in [1.807, 2.05) is 18.2 Å². The van der Waals surface area contributed by atoms with E-state index in [9.17, 15) is 4.79 Å². The van der Waals surface area contributed by atoms with Crippen molar-refractivity contribution in [2.45, 2.75) is 33.4 Å². The number of carbonyl (C=O) groups is 1. The van der Waals surface area contributed by atoms with Gasteiger partial charge in [-0.2, -0.15) is 0 Å². The van der Waals surface area contributed by atoms with Crippen LogP contribution in [-0.2, 0) is 6.54 Å². The van der Waals surface area contributed by atoms with Crippen molar-refractivity contribution in [1.82, 2.24) is 10.3 Å². The first-order chi connectivity index (χ1) is 9.95. The number of hydrazine groups is 1. The molecule has 0 radical (unpaired) electrons. The number of fused-ring (bicyclic) bond motifs is 1. The van der Waals surface area contributed by atoms with Gasteiger partial charge in [0.25, 0.3) is 5.91 Å². The number of nitrogens with two attached hydrogens (primary N) is 1. The molecule has 0 saturated carbocycles. The van der Waals surface area contributed by atoms with Gasteiger partial charge in [-0.1, -0.05) is 32.0 Å². The number of amides is 1. The highest BCUT2D eigenvalue weighted by molar-refractivity contribution is 7.21. The lowest BCUT2D eigenvalue weighted by atomic mass is 10.0. The molecule has 1 unspecified atom stereocenters. The van der Waals surface area contributed by atoms with Crippen molar-refractivity contribution < 1.29 is 4.79 Å². The van der Waals surface area contributed by atoms with Crippen LogP contribution in [-0.4, -0.2) is 23.9 Å². The Hall–Kier alpha value is -1.43. The first-order valence-corrected chi connectivity index (χ1v) is 7.99. The molecular formula is C16H23N3OS. The number of hydrogen-bond acceptors (Lipinski definition) is 4. The van der Waals surface area contributed by atoms with Gasteiger partial charge in [-0.25, -0.2) is 5.84 Å². The molecule has 1 heterocycles. The maximum Gasteiger partial charge on any atom is 0.275 e. The lowest BCUT2D eigenvalue weighted by Gasteiger charge is -2.28. The molecule has 0 saturated heterocycles. The van der Waals surface area contributed by atoms with E-state index in [0.717, 1.165) is 22.2 Å². The van der Waals surface area contributed by atoms with Crippen molar-refractivity contribution in [1.29, 1.82) is 0 Å². The van der Waals surface area contributed by atoms with Gasteiger partial charge in [-0.05, 0) is 36.9 Å². The SMILES string of the molecule is CC(C)C(C)N(C)Cc1c(C(=O)NN)sc2ccccc12. The molecule has 114 valence electrons. The summed E-state index contributed by atoms with van der Waals surface area (Å²) in [5.41, 5.74) is 3.32. The Morgan fingerprint density at radius 2 is 2.00 bits per heavy atom. The predicted molar refractivity (Wildman–Crippen MR) is 89.2 cm³/mol. The molecule has 1 aromatic heterocycles. The summed E-state index contributed by atoms with van der Waals surface area (Å²) in [6, 6.07) is 8.56. The van der Waals surface area contributed by atoms with Gasteiger partial charge >= 0.3 is 0 Å². The zero-order valence-corrected chi connectivity index (χ0v) is 13.8. The van der Waals surface area contributed by atoms with Gasteiger partial charge < -0.3 is 0 Å². The lowest BCUT2D eigenvalue weighted by molar-refractivity contribution is 0.0955. The van der Waals surface area contributed by atoms with Crippen molar-refractivity contribution in [2.24, 2.45) is 11.8 Å². The third-order valence-corrected chi connectivity index (χ3v) is 5.32. The summed E-state index contributed by atoms with van der Waals surface area (Å²) >= 11 is 1.50. The Balaban J connectivity index is 2.43. The zero-order chi connectivity index (χ0) is 15.6. The number of benzene rings is 1. The fraction of sp³-hybridized carbons (Fsp3) is 0.438. The zero-order valence-electron chi connectivity index (χ0n) is 13.0. The molecule has 3 N–H and O–H groups in total. The third kappa shape index (κ3) is 3.26. The molecule has 0 spiro atoms. The number of nitrogens with one attached hydrogen (secondary N) is 1. The number of nitrogen functional groups attached to an aromatic ring is 1. The highest BCUT2D eigenvalue weighted by atomic mass is 32.1. The molecule has 5 heteroatoms. The maximum atomic E-state index is 12.0. The van der Waals surface area contributed by atoms with Gasteiger partial charge in [0, 0.05) is 17.3 Å². The number of rotatable bonds is 5. The van der Waals surface area contributed by atoms with Crippen LogP contribution in [0.2, 0.25) is 0 Å². The smallest absolute Gasteiger partial charge is 0.275 e. The standard InChI is InChI=1S/C16H23N3OS/c1-10(2)11(3)19(4)9-13-12-7-5-6-8-14(12)21-15(13)16(20)18-17/h5-8,10-11H,9,17H2,1-4H3,(H,18,20). The molecule has 0 aliphatic rings. The molecule has 1 aromatic carbocycles. The van der Waals surface area contributed by atoms with Crippen molar-refractivity contribution in [2.75, 3.05) is 7.05 Å². The minimum atomic E-state index is -0.211. The molecule has 2 aromatic rings. The third-order valence-electron chi connectivity index (χ3n) is 4.10. The van der Waals surface area contributed by atoms with Crippen LogP contribution in [0.15, 0.2) is 24.3 Å². The van der Waals surface area contributed by atoms with Crippen molar-refractivity contribution in [3.63, 3.8) is 0 Å². The van der Waals surface area contributed by atoms with Gasteiger partial charge in [0.05, 0.1) is 4.88 Å². The number of hydrogen-bond donors (Lipinski definition) is 2. The van der Waals surface area contributed by atoms with Crippen LogP contribution in [0.25, 0.3) is 10.1 Å². The summed E-state index contributed by atoms with van der Waals surface area (Å²) in [4.78, 5) is 15.0. The fourth-order valence-corrected chi connectivity index (χ4v) is 3.52. The van der Waals surface area contributed by atoms with E-state index in [2.05, 4.69) is 44.2 Å². The van der Waals surface area contributed by atoms with Gasteiger partial charge in [-0.3, -0.25) is 15.1 Å². The molecule has 0 aliphatic carbocycles. The van der Waals surface area contributed by atoms with E-state index in [-0.39, 0.29) is 5.91 Å². The first-order valence-electron chi connectivity index (χ1n) is 7.17. The van der Waals surface area contributed by atoms with Crippen LogP contribution in [0.1, 0.15) is 36.0 Å². The molecule has 0 fully saturated rings. The average Bonchev–Trinajstić information content (AvgIpc) is 2.84. The molecule has 1 atom stereocenters. The summed E-state index contributed by atoms with van der Waals surface area (Å²) < 4.78 is 1.12. The van der Waals surface area contributed by atoms with Gasteiger partial charge in [0.15, 0.2) is 0 Å². The molecule has 2 rings (SSSR count). The molecule has 4 nitrogen and oxygen atoms in total. The summed E-state index contributed by atoms with van der Waals surface area (Å²) in [7, 11) is 2.10. The summed E-state index contributed by atoms with van der Waals surface area (Å²) in [6.45, 7) is 7.37. The van der Waals surface area contributed by atoms with E-state index in [0.29, 0.717) is 16.8 Å². The van der Waals surface area contributed by atoms with Crippen LogP contribution >= 0.6 is 11.3 Å². The maximum absolute atomic E-state index is 12.0. The van der Waals surface area contributed by atoms with Crippen LogP contribution in [0.5, 0.6) is 0 Å². The van der Waals surface area contributed by atoms with Gasteiger partial charge in [0.1, 0.15) is 0 Å². The highest BCUT2D eigenvalue weighted by Gasteiger charge is 2.21. The van der Waals surface area contributed by atoms with Crippen LogP contribution in [0.4, 0.5) is 0 Å². The van der Waals surface area contributed by atoms with Crippen LogP contribution in [0.3, 0.4) is 0 Å². The van der Waals surface area contributed by atoms with E-state index < -0.39 is 0 Å². The molecule has 1 amide bonds. The highest BCUT2D eigenvalue weighted by Crippen LogP contribution is 2.32. The summed E-state index contributed by atoms with van der Waals surface area (Å²) in [5.74, 6) is 5.68. The van der Waals surface area contributed by atoms with Crippen LogP contribution < -0.4 is 11.3 Å². The predicted octanol–water partition coefficient (Wildman–Crippen LogP) is 2.98. The molecule has 0 aliphatic heterocycles. The molecular weight excluding hydrogens is 282 g/mol. The normalized spacial score (nSPS) is 13.1. The van der Waals surface area contributed by atoms with Gasteiger partial charge in [-0.15, -0.1) is 11.3 Å². The van der Waals surface area contributed by atoms with Crippen molar-refractivity contribution >= 4 is 27.3 Å². The number of nitrogens with zero attached hydrogens (tertiary/aromatic N) is 1. The van der Waals surface area contributed by atoms with Crippen molar-refractivity contribution in [3.05, 3.63) is 34.7 Å². The monoisotopic (exact) mass is 305 g/mol. The quantitative estimate of drug-likeness (QED) is 0.507. The second-order valence-corrected chi connectivity index (χ2v) is 6.83. The second-order valence-electron chi connectivity index (χ2n) is 5.78. The average molecular weight is 305 g/mol. The van der Waals surface area contributed by atoms with E-state index >= 15 is 0 Å². The van der Waals surface area contributed by atoms with E-state index in [1.165, 1.54) is 11.3 Å². The van der Waals surface area contributed by atoms with Crippen molar-refractivity contribution in [3.8, 4) is 0 Å². The second kappa shape index (κ2) is 6.56. The minimum Gasteiger partial charge on any atom is -0.299 e. The summed E-state index contributed by atoms with van der Waals surface area (Å²) in [6.07, 6.45) is 0. The Morgan fingerprint density at radius 3 is 2.62 bits per heavy atom. The Labute approximate surface area is 129 Å². The van der Waals surface area contributed by atoms with Crippen LogP contribution in [0, 0.1) is 5.92 Å². The van der Waals surface area contributed by atoms with E-state index in [4.69, 9.17) is 5.84 Å². The summed E-state index contributed by atoms with van der Waals surface area (Å²) in [5, 5.41) is 1.14. The van der Waals surface area contributed by atoms with Gasteiger partial charge in [0.2, 0.25) is 0 Å². The molecule has 21 heavy (non-hydrogen) atoms.